The molecule has 0 aliphatic rings. The second kappa shape index (κ2) is 36.9. The summed E-state index contributed by atoms with van der Waals surface area (Å²) < 4.78 is 21.0. The van der Waals surface area contributed by atoms with Gasteiger partial charge in [-0.1, -0.05) is 64.2 Å². The van der Waals surface area contributed by atoms with E-state index < -0.39 is 48.4 Å². The molecule has 0 aromatic heterocycles. The fraction of sp³-hybridized carbons (Fsp3) is 0.789. The van der Waals surface area contributed by atoms with Crippen molar-refractivity contribution in [3.8, 4) is 0 Å². The van der Waals surface area contributed by atoms with E-state index in [0.29, 0.717) is 6.42 Å². The van der Waals surface area contributed by atoms with Crippen LogP contribution in [0.5, 0.6) is 0 Å². The van der Waals surface area contributed by atoms with Crippen molar-refractivity contribution in [2.24, 2.45) is 5.73 Å². The zero-order valence-electron chi connectivity index (χ0n) is 33.8. The van der Waals surface area contributed by atoms with Gasteiger partial charge in [0.25, 0.3) is 0 Å². The number of ether oxygens (including phenoxy) is 4. The molecule has 0 radical (unpaired) electrons. The molecule has 0 rings (SSSR count). The Morgan fingerprint density at radius 3 is 1.29 bits per heavy atom. The molecular weight excluding hydrogens is 766 g/mol. The molecule has 0 saturated carbocycles. The van der Waals surface area contributed by atoms with Crippen molar-refractivity contribution in [1.29, 1.82) is 0 Å². The number of carboxylic acids is 3. The van der Waals surface area contributed by atoms with E-state index in [1.807, 2.05) is 0 Å². The molecule has 0 bridgehead atoms. The molecule has 0 heterocycles. The predicted molar refractivity (Wildman–Crippen MR) is 208 cm³/mol. The lowest BCUT2D eigenvalue weighted by Gasteiger charge is -2.14. The van der Waals surface area contributed by atoms with Gasteiger partial charge >= 0.3 is 17.9 Å². The number of hydrogen-bond donors (Lipinski definition) is 8. The number of hydrogen-bond acceptors (Lipinski definition) is 12. The molecule has 2 atom stereocenters. The van der Waals surface area contributed by atoms with Crippen LogP contribution in [-0.2, 0) is 57.3 Å². The van der Waals surface area contributed by atoms with E-state index in [-0.39, 0.29) is 116 Å². The number of nitrogens with one attached hydrogen (secondary N) is 4. The molecule has 0 unspecified atom stereocenters. The van der Waals surface area contributed by atoms with Crippen LogP contribution in [0.2, 0.25) is 0 Å². The van der Waals surface area contributed by atoms with E-state index in [2.05, 4.69) is 21.3 Å². The molecule has 0 spiro atoms. The second-order valence-corrected chi connectivity index (χ2v) is 13.6. The molecule has 9 N–H and O–H groups in total. The smallest absolute Gasteiger partial charge is 0.326 e. The van der Waals surface area contributed by atoms with E-state index in [4.69, 9.17) is 34.9 Å². The second-order valence-electron chi connectivity index (χ2n) is 13.6. The standard InChI is InChI=1S/C38H67N5O15/c39-31(44)17-15-29(37(51)52)43-35(48)28-58-26-24-56-22-20-41-34(47)27-57-25-23-55-21-19-40-32(45)18-16-30(38(53)54)42-33(46)13-11-9-7-5-3-1-2-4-6-8-10-12-14-36(49)50/h29-30H,1-28H2,(H2,39,44)(H,40,45)(H,41,47)(H,42,46)(H,43,48)(H,49,50)(H,51,52)(H,53,54)/t29-,30-/m0/s1. The molecule has 0 aliphatic heterocycles. The molecule has 0 fully saturated rings. The zero-order valence-corrected chi connectivity index (χ0v) is 33.8. The molecular formula is C38H67N5O15. The van der Waals surface area contributed by atoms with E-state index in [0.717, 1.165) is 64.2 Å². The van der Waals surface area contributed by atoms with Gasteiger partial charge in [-0.2, -0.15) is 0 Å². The lowest BCUT2D eigenvalue weighted by Crippen LogP contribution is -2.43. The van der Waals surface area contributed by atoms with Crippen molar-refractivity contribution in [1.82, 2.24) is 21.3 Å². The van der Waals surface area contributed by atoms with Crippen LogP contribution in [0.3, 0.4) is 0 Å². The predicted octanol–water partition coefficient (Wildman–Crippen LogP) is 1.02. The van der Waals surface area contributed by atoms with Gasteiger partial charge in [-0.15, -0.1) is 0 Å². The molecule has 0 aliphatic carbocycles. The Morgan fingerprint density at radius 1 is 0.431 bits per heavy atom. The minimum absolute atomic E-state index is 0.0462. The van der Waals surface area contributed by atoms with Crippen LogP contribution in [0.1, 0.15) is 116 Å². The Morgan fingerprint density at radius 2 is 0.828 bits per heavy atom. The summed E-state index contributed by atoms with van der Waals surface area (Å²) in [5, 5.41) is 37.2. The average Bonchev–Trinajstić information content (AvgIpc) is 3.16. The summed E-state index contributed by atoms with van der Waals surface area (Å²) in [5.74, 6) is -5.69. The van der Waals surface area contributed by atoms with E-state index in [1.165, 1.54) is 6.42 Å². The zero-order chi connectivity index (χ0) is 43.2. The molecule has 20 heteroatoms. The number of amides is 5. The molecule has 334 valence electrons. The molecule has 5 amide bonds. The molecule has 0 aromatic carbocycles. The highest BCUT2D eigenvalue weighted by Gasteiger charge is 2.21. The highest BCUT2D eigenvalue weighted by molar-refractivity contribution is 5.85. The van der Waals surface area contributed by atoms with Crippen LogP contribution in [0.15, 0.2) is 0 Å². The van der Waals surface area contributed by atoms with Crippen LogP contribution in [0.4, 0.5) is 0 Å². The summed E-state index contributed by atoms with van der Waals surface area (Å²) in [5.41, 5.74) is 4.99. The third kappa shape index (κ3) is 36.0. The van der Waals surface area contributed by atoms with Crippen molar-refractivity contribution in [3.63, 3.8) is 0 Å². The van der Waals surface area contributed by atoms with Gasteiger partial charge in [0.1, 0.15) is 25.3 Å². The summed E-state index contributed by atoms with van der Waals surface area (Å²) >= 11 is 0. The van der Waals surface area contributed by atoms with Gasteiger partial charge in [0.15, 0.2) is 0 Å². The summed E-state index contributed by atoms with van der Waals surface area (Å²) in [4.78, 5) is 92.2. The Balaban J connectivity index is 3.74. The maximum atomic E-state index is 12.3. The van der Waals surface area contributed by atoms with Gasteiger partial charge in [-0.3, -0.25) is 28.8 Å². The number of rotatable bonds is 41. The average molecular weight is 834 g/mol. The van der Waals surface area contributed by atoms with E-state index >= 15 is 0 Å². The lowest BCUT2D eigenvalue weighted by atomic mass is 10.0. The first kappa shape index (κ1) is 53.6. The number of carbonyl (C=O) groups excluding carboxylic acids is 5. The Hall–Kier alpha value is -4.40. The van der Waals surface area contributed by atoms with Gasteiger partial charge in [-0.05, 0) is 25.7 Å². The number of aliphatic carboxylic acids is 3. The Bertz CT molecular complexity index is 1210. The summed E-state index contributed by atoms with van der Waals surface area (Å²) in [7, 11) is 0. The molecule has 58 heavy (non-hydrogen) atoms. The maximum Gasteiger partial charge on any atom is 0.326 e. The fourth-order valence-electron chi connectivity index (χ4n) is 5.34. The number of primary amides is 1. The Kier molecular flexibility index (Phi) is 34.1. The summed E-state index contributed by atoms with van der Waals surface area (Å²) in [6.45, 7) is 0.567. The van der Waals surface area contributed by atoms with Crippen molar-refractivity contribution in [2.45, 2.75) is 128 Å². The minimum atomic E-state index is -1.29. The normalized spacial score (nSPS) is 11.9. The number of nitrogens with two attached hydrogens (primary N) is 1. The number of carboxylic acid groups (broad SMARTS) is 3. The first-order chi connectivity index (χ1) is 27.8. The van der Waals surface area contributed by atoms with Gasteiger partial charge < -0.3 is 61.3 Å². The lowest BCUT2D eigenvalue weighted by molar-refractivity contribution is -0.143. The third-order valence-electron chi connectivity index (χ3n) is 8.50. The molecule has 0 aromatic rings. The van der Waals surface area contributed by atoms with E-state index in [1.54, 1.807) is 0 Å². The van der Waals surface area contributed by atoms with Crippen molar-refractivity contribution in [2.75, 3.05) is 65.9 Å². The summed E-state index contributed by atoms with van der Waals surface area (Å²) in [6.07, 6.45) is 12.2. The van der Waals surface area contributed by atoms with Crippen LogP contribution in [0.25, 0.3) is 0 Å². The monoisotopic (exact) mass is 833 g/mol. The van der Waals surface area contributed by atoms with Gasteiger partial charge in [0.2, 0.25) is 29.5 Å². The minimum Gasteiger partial charge on any atom is -0.481 e. The maximum absolute atomic E-state index is 12.3. The molecule has 20 nitrogen and oxygen atoms in total. The van der Waals surface area contributed by atoms with Crippen LogP contribution in [0, 0.1) is 0 Å². The topological polar surface area (TPSA) is 308 Å². The van der Waals surface area contributed by atoms with Crippen molar-refractivity contribution >= 4 is 47.4 Å². The van der Waals surface area contributed by atoms with Gasteiger partial charge in [0, 0.05) is 38.8 Å². The van der Waals surface area contributed by atoms with Gasteiger partial charge in [0.05, 0.1) is 39.6 Å². The first-order valence-electron chi connectivity index (χ1n) is 20.2. The quantitative estimate of drug-likeness (QED) is 0.0399. The van der Waals surface area contributed by atoms with Crippen molar-refractivity contribution in [3.05, 3.63) is 0 Å². The number of carbonyl (C=O) groups is 8. The largest absolute Gasteiger partial charge is 0.481 e. The Labute approximate surface area is 340 Å². The highest BCUT2D eigenvalue weighted by atomic mass is 16.5. The highest BCUT2D eigenvalue weighted by Crippen LogP contribution is 2.13. The van der Waals surface area contributed by atoms with Crippen LogP contribution < -0.4 is 27.0 Å². The van der Waals surface area contributed by atoms with E-state index in [9.17, 15) is 43.5 Å². The molecule has 0 saturated heterocycles. The third-order valence-corrected chi connectivity index (χ3v) is 8.50. The SMILES string of the molecule is NC(=O)CC[C@H](NC(=O)COCCOCCNC(=O)COCCOCCNC(=O)CC[C@H](NC(=O)CCCCCCCCCCCCCCC(=O)O)C(=O)O)C(=O)O. The van der Waals surface area contributed by atoms with Gasteiger partial charge in [-0.25, -0.2) is 9.59 Å². The first-order valence-corrected chi connectivity index (χ1v) is 20.2. The number of unbranched alkanes of at least 4 members (excludes halogenated alkanes) is 11. The van der Waals surface area contributed by atoms with Crippen LogP contribution in [-0.4, -0.2) is 141 Å². The summed E-state index contributed by atoms with van der Waals surface area (Å²) in [6, 6.07) is -2.42. The fourth-order valence-corrected chi connectivity index (χ4v) is 5.34. The van der Waals surface area contributed by atoms with Crippen molar-refractivity contribution < 1.29 is 72.6 Å². The van der Waals surface area contributed by atoms with Crippen LogP contribution >= 0.6 is 0 Å².